The molecule has 1 aliphatic rings. The molecule has 6 nitrogen and oxygen atoms in total. The number of benzene rings is 2. The molecule has 0 aliphatic carbocycles. The van der Waals surface area contributed by atoms with Crippen molar-refractivity contribution in [3.05, 3.63) is 59.0 Å². The number of thiazole rings is 1. The zero-order valence-corrected chi connectivity index (χ0v) is 16.0. The third-order valence-electron chi connectivity index (χ3n) is 4.37. The van der Waals surface area contributed by atoms with Gasteiger partial charge < -0.3 is 14.8 Å². The Labute approximate surface area is 166 Å². The maximum absolute atomic E-state index is 12.2. The van der Waals surface area contributed by atoms with Gasteiger partial charge in [-0.3, -0.25) is 9.59 Å². The highest BCUT2D eigenvalue weighted by molar-refractivity contribution is 7.14. The predicted molar refractivity (Wildman–Crippen MR) is 107 cm³/mol. The van der Waals surface area contributed by atoms with E-state index in [4.69, 9.17) is 9.47 Å². The molecule has 2 heterocycles. The predicted octanol–water partition coefficient (Wildman–Crippen LogP) is 4.45. The summed E-state index contributed by atoms with van der Waals surface area (Å²) in [5, 5.41) is 5.13. The molecular formula is C21H18N2O4S. The Morgan fingerprint density at radius 2 is 1.86 bits per heavy atom. The standard InChI is InChI=1S/C21H18N2O4S/c1-13-2-4-14(5-3-13)17(24)7-9-20(25)23-21-22-16(11-28-21)15-6-8-18-19(10-15)27-12-26-18/h2-6,8,10-11H,7,9,12H2,1H3,(H,22,23,25). The van der Waals surface area contributed by atoms with Crippen molar-refractivity contribution in [1.82, 2.24) is 4.98 Å². The van der Waals surface area contributed by atoms with Crippen molar-refractivity contribution in [1.29, 1.82) is 0 Å². The van der Waals surface area contributed by atoms with Crippen LogP contribution < -0.4 is 14.8 Å². The minimum Gasteiger partial charge on any atom is -0.454 e. The number of aryl methyl sites for hydroxylation is 1. The summed E-state index contributed by atoms with van der Waals surface area (Å²) >= 11 is 1.34. The van der Waals surface area contributed by atoms with E-state index < -0.39 is 0 Å². The molecule has 0 saturated heterocycles. The lowest BCUT2D eigenvalue weighted by molar-refractivity contribution is -0.116. The van der Waals surface area contributed by atoms with Crippen LogP contribution in [0.3, 0.4) is 0 Å². The first-order valence-corrected chi connectivity index (χ1v) is 9.72. The number of aromatic nitrogens is 1. The summed E-state index contributed by atoms with van der Waals surface area (Å²) in [6.45, 7) is 2.19. The summed E-state index contributed by atoms with van der Waals surface area (Å²) < 4.78 is 10.7. The number of fused-ring (bicyclic) bond motifs is 1. The molecule has 0 saturated carbocycles. The third-order valence-corrected chi connectivity index (χ3v) is 5.13. The number of carbonyl (C=O) groups is 2. The van der Waals surface area contributed by atoms with Gasteiger partial charge in [0.05, 0.1) is 5.69 Å². The average molecular weight is 394 g/mol. The van der Waals surface area contributed by atoms with Gasteiger partial charge in [-0.15, -0.1) is 11.3 Å². The van der Waals surface area contributed by atoms with Gasteiger partial charge in [0.15, 0.2) is 22.4 Å². The lowest BCUT2D eigenvalue weighted by Gasteiger charge is -2.03. The molecule has 0 fully saturated rings. The van der Waals surface area contributed by atoms with Crippen LogP contribution in [-0.2, 0) is 4.79 Å². The Bertz CT molecular complexity index is 1030. The maximum Gasteiger partial charge on any atom is 0.231 e. The molecule has 0 bridgehead atoms. The Morgan fingerprint density at radius 3 is 2.68 bits per heavy atom. The number of amides is 1. The van der Waals surface area contributed by atoms with Crippen molar-refractivity contribution in [3.8, 4) is 22.8 Å². The van der Waals surface area contributed by atoms with Crippen LogP contribution in [0.15, 0.2) is 47.8 Å². The first-order chi connectivity index (χ1) is 13.6. The lowest BCUT2D eigenvalue weighted by Crippen LogP contribution is -2.13. The number of anilines is 1. The SMILES string of the molecule is Cc1ccc(C(=O)CCC(=O)Nc2nc(-c3ccc4c(c3)OCO4)cs2)cc1. The molecule has 2 aromatic carbocycles. The molecule has 3 aromatic rings. The van der Waals surface area contributed by atoms with Crippen LogP contribution in [0.1, 0.15) is 28.8 Å². The number of carbonyl (C=O) groups excluding carboxylic acids is 2. The second-order valence-electron chi connectivity index (χ2n) is 6.44. The molecule has 142 valence electrons. The van der Waals surface area contributed by atoms with Crippen LogP contribution in [-0.4, -0.2) is 23.5 Å². The largest absolute Gasteiger partial charge is 0.454 e. The van der Waals surface area contributed by atoms with E-state index in [1.54, 1.807) is 12.1 Å². The van der Waals surface area contributed by atoms with Crippen LogP contribution in [0, 0.1) is 6.92 Å². The number of ketones is 1. The van der Waals surface area contributed by atoms with E-state index in [-0.39, 0.29) is 31.3 Å². The van der Waals surface area contributed by atoms with E-state index in [0.29, 0.717) is 22.2 Å². The Balaban J connectivity index is 1.34. The first kappa shape index (κ1) is 18.2. The fourth-order valence-corrected chi connectivity index (χ4v) is 3.55. The van der Waals surface area contributed by atoms with Crippen LogP contribution in [0.4, 0.5) is 5.13 Å². The minimum absolute atomic E-state index is 0.0460. The summed E-state index contributed by atoms with van der Waals surface area (Å²) in [6, 6.07) is 13.0. The van der Waals surface area contributed by atoms with E-state index in [2.05, 4.69) is 10.3 Å². The summed E-state index contributed by atoms with van der Waals surface area (Å²) in [7, 11) is 0. The summed E-state index contributed by atoms with van der Waals surface area (Å²) in [6.07, 6.45) is 0.279. The van der Waals surface area contributed by atoms with Gasteiger partial charge in [-0.25, -0.2) is 4.98 Å². The topological polar surface area (TPSA) is 77.5 Å². The van der Waals surface area contributed by atoms with Crippen molar-refractivity contribution < 1.29 is 19.1 Å². The third kappa shape index (κ3) is 4.04. The van der Waals surface area contributed by atoms with Crippen molar-refractivity contribution in [3.63, 3.8) is 0 Å². The highest BCUT2D eigenvalue weighted by atomic mass is 32.1. The molecule has 0 unspecified atom stereocenters. The van der Waals surface area contributed by atoms with Crippen LogP contribution >= 0.6 is 11.3 Å². The number of nitrogens with zero attached hydrogens (tertiary/aromatic N) is 1. The summed E-state index contributed by atoms with van der Waals surface area (Å²) in [5.74, 6) is 1.12. The van der Waals surface area contributed by atoms with Crippen LogP contribution in [0.5, 0.6) is 11.5 Å². The number of hydrogen-bond acceptors (Lipinski definition) is 6. The van der Waals surface area contributed by atoms with E-state index in [0.717, 1.165) is 16.8 Å². The number of nitrogens with one attached hydrogen (secondary N) is 1. The molecule has 1 amide bonds. The Hall–Kier alpha value is -3.19. The van der Waals surface area contributed by atoms with Gasteiger partial charge >= 0.3 is 0 Å². The van der Waals surface area contributed by atoms with Crippen LogP contribution in [0.2, 0.25) is 0 Å². The maximum atomic E-state index is 12.2. The smallest absolute Gasteiger partial charge is 0.231 e. The van der Waals surface area contributed by atoms with Crippen molar-refractivity contribution in [2.45, 2.75) is 19.8 Å². The zero-order chi connectivity index (χ0) is 19.5. The first-order valence-electron chi connectivity index (χ1n) is 8.84. The highest BCUT2D eigenvalue weighted by Crippen LogP contribution is 2.36. The van der Waals surface area contributed by atoms with Crippen molar-refractivity contribution >= 4 is 28.2 Å². The monoisotopic (exact) mass is 394 g/mol. The molecule has 1 N–H and O–H groups in total. The van der Waals surface area contributed by atoms with Crippen LogP contribution in [0.25, 0.3) is 11.3 Å². The summed E-state index contributed by atoms with van der Waals surface area (Å²) in [5.41, 5.74) is 3.35. The van der Waals surface area contributed by atoms with Gasteiger partial charge in [0.2, 0.25) is 12.7 Å². The van der Waals surface area contributed by atoms with Crippen molar-refractivity contribution in [2.24, 2.45) is 0 Å². The van der Waals surface area contributed by atoms with E-state index in [9.17, 15) is 9.59 Å². The van der Waals surface area contributed by atoms with Gasteiger partial charge in [0.25, 0.3) is 0 Å². The molecule has 1 aromatic heterocycles. The normalized spacial score (nSPS) is 12.0. The van der Waals surface area contributed by atoms with E-state index in [1.807, 2.05) is 42.6 Å². The molecule has 7 heteroatoms. The van der Waals surface area contributed by atoms with Gasteiger partial charge in [-0.05, 0) is 25.1 Å². The Kier molecular flexibility index (Phi) is 5.08. The molecule has 1 aliphatic heterocycles. The fourth-order valence-electron chi connectivity index (χ4n) is 2.81. The minimum atomic E-state index is -0.230. The lowest BCUT2D eigenvalue weighted by atomic mass is 10.1. The van der Waals surface area contributed by atoms with Gasteiger partial charge in [0, 0.05) is 29.3 Å². The molecule has 4 rings (SSSR count). The van der Waals surface area contributed by atoms with Crippen molar-refractivity contribution in [2.75, 3.05) is 12.1 Å². The van der Waals surface area contributed by atoms with Gasteiger partial charge in [0.1, 0.15) is 0 Å². The van der Waals surface area contributed by atoms with E-state index in [1.165, 1.54) is 11.3 Å². The second kappa shape index (κ2) is 7.82. The van der Waals surface area contributed by atoms with Gasteiger partial charge in [-0.1, -0.05) is 29.8 Å². The van der Waals surface area contributed by atoms with Gasteiger partial charge in [-0.2, -0.15) is 0 Å². The molecule has 0 radical (unpaired) electrons. The molecular weight excluding hydrogens is 376 g/mol. The second-order valence-corrected chi connectivity index (χ2v) is 7.30. The Morgan fingerprint density at radius 1 is 1.07 bits per heavy atom. The van der Waals surface area contributed by atoms with E-state index >= 15 is 0 Å². The molecule has 0 spiro atoms. The number of hydrogen-bond donors (Lipinski definition) is 1. The molecule has 0 atom stereocenters. The quantitative estimate of drug-likeness (QED) is 0.625. The average Bonchev–Trinajstić information content (AvgIpc) is 3.35. The fraction of sp³-hybridized carbons (Fsp3) is 0.190. The zero-order valence-electron chi connectivity index (χ0n) is 15.2. The number of ether oxygens (including phenoxy) is 2. The molecule has 28 heavy (non-hydrogen) atoms. The number of Topliss-reactive ketones (excluding diaryl/α,β-unsaturated/α-hetero) is 1. The number of rotatable bonds is 6. The highest BCUT2D eigenvalue weighted by Gasteiger charge is 2.16. The summed E-state index contributed by atoms with van der Waals surface area (Å²) in [4.78, 5) is 28.8.